The first-order valence-electron chi connectivity index (χ1n) is 13.8. The maximum Gasteiger partial charge on any atom is 0.419 e. The molecule has 10 heteroatoms. The lowest BCUT2D eigenvalue weighted by atomic mass is 10.0. The molecule has 1 aliphatic heterocycles. The summed E-state index contributed by atoms with van der Waals surface area (Å²) in [6.07, 6.45) is 1.05. The minimum Gasteiger partial charge on any atom is -0.493 e. The Morgan fingerprint density at radius 1 is 1.00 bits per heavy atom. The van der Waals surface area contributed by atoms with Gasteiger partial charge in [-0.2, -0.15) is 18.3 Å². The summed E-state index contributed by atoms with van der Waals surface area (Å²) in [6.45, 7) is 3.26. The molecule has 0 saturated carbocycles. The summed E-state index contributed by atoms with van der Waals surface area (Å²) >= 11 is 0. The van der Waals surface area contributed by atoms with Crippen LogP contribution in [0.4, 0.5) is 13.2 Å². The minimum atomic E-state index is -4.50. The summed E-state index contributed by atoms with van der Waals surface area (Å²) in [4.78, 5) is 17.2. The highest BCUT2D eigenvalue weighted by molar-refractivity contribution is 5.75. The van der Waals surface area contributed by atoms with Crippen molar-refractivity contribution in [3.8, 4) is 5.75 Å². The molecule has 0 aliphatic carbocycles. The van der Waals surface area contributed by atoms with Crippen LogP contribution in [0.25, 0.3) is 0 Å². The van der Waals surface area contributed by atoms with Gasteiger partial charge in [0, 0.05) is 51.1 Å². The normalized spacial score (nSPS) is 15.8. The second-order valence-corrected chi connectivity index (χ2v) is 10.2. The van der Waals surface area contributed by atoms with Crippen molar-refractivity contribution in [1.29, 1.82) is 0 Å². The number of aryl methyl sites for hydroxylation is 1. The Morgan fingerprint density at radius 3 is 2.58 bits per heavy atom. The zero-order valence-electron chi connectivity index (χ0n) is 22.7. The summed E-state index contributed by atoms with van der Waals surface area (Å²) in [6, 6.07) is 16.3. The van der Waals surface area contributed by atoms with Crippen molar-refractivity contribution in [2.24, 2.45) is 0 Å². The minimum absolute atomic E-state index is 0.133. The van der Waals surface area contributed by atoms with Gasteiger partial charge in [-0.1, -0.05) is 42.5 Å². The molecule has 0 fully saturated rings. The third kappa shape index (κ3) is 8.82. The fraction of sp³-hybridized carbons (Fsp3) is 0.467. The van der Waals surface area contributed by atoms with Crippen LogP contribution in [0.15, 0.2) is 60.9 Å². The fourth-order valence-corrected chi connectivity index (χ4v) is 4.85. The van der Waals surface area contributed by atoms with E-state index in [0.29, 0.717) is 45.8 Å². The number of carbonyl (C=O) groups excluding carboxylic acids is 1. The van der Waals surface area contributed by atoms with E-state index in [1.807, 2.05) is 30.3 Å². The molecule has 1 amide bonds. The average Bonchev–Trinajstić information content (AvgIpc) is 3.41. The molecule has 7 nitrogen and oxygen atoms in total. The number of fused-ring (bicyclic) bond motifs is 1. The number of halogens is 3. The van der Waals surface area contributed by atoms with Crippen LogP contribution in [0, 0.1) is 0 Å². The van der Waals surface area contributed by atoms with Crippen LogP contribution >= 0.6 is 0 Å². The maximum atomic E-state index is 13.2. The van der Waals surface area contributed by atoms with E-state index < -0.39 is 11.7 Å². The van der Waals surface area contributed by atoms with E-state index in [1.54, 1.807) is 4.90 Å². The topological polar surface area (TPSA) is 70.8 Å². The zero-order chi connectivity index (χ0) is 28.4. The molecule has 2 aromatic carbocycles. The van der Waals surface area contributed by atoms with Gasteiger partial charge in [0.1, 0.15) is 12.3 Å². The van der Waals surface area contributed by atoms with Gasteiger partial charge < -0.3 is 14.7 Å². The summed E-state index contributed by atoms with van der Waals surface area (Å²) in [5.41, 5.74) is 2.46. The number of hydrogen-bond donors (Lipinski definition) is 1. The number of nitrogens with zero attached hydrogens (tertiary/aromatic N) is 4. The van der Waals surface area contributed by atoms with Crippen molar-refractivity contribution >= 4 is 5.91 Å². The molecule has 4 rings (SSSR count). The van der Waals surface area contributed by atoms with Gasteiger partial charge in [0.2, 0.25) is 5.91 Å². The first-order valence-corrected chi connectivity index (χ1v) is 13.8. The van der Waals surface area contributed by atoms with Gasteiger partial charge in [-0.05, 0) is 49.3 Å². The van der Waals surface area contributed by atoms with Gasteiger partial charge in [0.25, 0.3) is 0 Å². The smallest absolute Gasteiger partial charge is 0.419 e. The summed E-state index contributed by atoms with van der Waals surface area (Å²) < 4.78 is 46.3. The number of benzene rings is 2. The number of amides is 1. The molecule has 1 aromatic heterocycles. The van der Waals surface area contributed by atoms with Crippen LogP contribution in [0.1, 0.15) is 47.9 Å². The highest BCUT2D eigenvalue weighted by Crippen LogP contribution is 2.28. The Kier molecular flexibility index (Phi) is 10.6. The Hall–Kier alpha value is -3.37. The molecule has 1 aliphatic rings. The molecular formula is C30H37F3N4O3. The number of ether oxygens (including phenoxy) is 1. The summed E-state index contributed by atoms with van der Waals surface area (Å²) in [7, 11) is 0. The number of carbonyl (C=O) groups is 1. The molecular weight excluding hydrogens is 521 g/mol. The Labute approximate surface area is 233 Å². The number of rotatable bonds is 7. The molecule has 1 N–H and O–H groups in total. The quantitative estimate of drug-likeness (QED) is 0.446. The molecule has 0 unspecified atom stereocenters. The van der Waals surface area contributed by atoms with E-state index in [2.05, 4.69) is 28.2 Å². The number of aliphatic hydroxyl groups is 1. The Morgan fingerprint density at radius 2 is 1.82 bits per heavy atom. The molecule has 216 valence electrons. The van der Waals surface area contributed by atoms with Gasteiger partial charge in [-0.25, -0.2) is 0 Å². The van der Waals surface area contributed by atoms with Crippen molar-refractivity contribution in [3.05, 3.63) is 83.2 Å². The number of hydrogen-bond acceptors (Lipinski definition) is 5. The third-order valence-electron chi connectivity index (χ3n) is 7.02. The van der Waals surface area contributed by atoms with E-state index in [9.17, 15) is 23.1 Å². The number of aromatic nitrogens is 2. The molecule has 0 saturated heterocycles. The average molecular weight is 559 g/mol. The Bertz CT molecular complexity index is 1220. The second-order valence-electron chi connectivity index (χ2n) is 10.2. The predicted molar refractivity (Wildman–Crippen MR) is 146 cm³/mol. The first kappa shape index (κ1) is 29.6. The van der Waals surface area contributed by atoms with Crippen molar-refractivity contribution in [2.45, 2.75) is 57.9 Å². The molecule has 0 bridgehead atoms. The van der Waals surface area contributed by atoms with Gasteiger partial charge in [-0.3, -0.25) is 14.4 Å². The largest absolute Gasteiger partial charge is 0.493 e. The standard InChI is InChI=1S/C30H37F3N4O3/c31-30(32,33)27-19-34-37(22-27)23-29(39)36-13-5-2-6-17-40-28-12-11-24(10-7-16-38)18-26(28)21-35(14-15-36)20-25-8-3-1-4-9-25/h1,3-4,8-9,11-12,18-19,22,38H,2,5-7,10,13-17,20-21,23H2. The third-order valence-corrected chi connectivity index (χ3v) is 7.02. The molecule has 40 heavy (non-hydrogen) atoms. The lowest BCUT2D eigenvalue weighted by Crippen LogP contribution is -2.40. The van der Waals surface area contributed by atoms with Gasteiger partial charge in [0.05, 0.1) is 18.4 Å². The SMILES string of the molecule is O=C(Cn1cc(C(F)(F)F)cn1)N1CCCCCOc2ccc(CCCO)cc2CN(Cc2ccccc2)CC1. The molecule has 3 aromatic rings. The van der Waals surface area contributed by atoms with Gasteiger partial charge in [0.15, 0.2) is 0 Å². The molecule has 0 radical (unpaired) electrons. The van der Waals surface area contributed by atoms with E-state index >= 15 is 0 Å². The molecule has 2 heterocycles. The van der Waals surface area contributed by atoms with Crippen molar-refractivity contribution in [3.63, 3.8) is 0 Å². The van der Waals surface area contributed by atoms with E-state index in [4.69, 9.17) is 4.74 Å². The lowest BCUT2D eigenvalue weighted by molar-refractivity contribution is -0.138. The Balaban J connectivity index is 1.54. The highest BCUT2D eigenvalue weighted by atomic mass is 19.4. The maximum absolute atomic E-state index is 13.2. The van der Waals surface area contributed by atoms with Gasteiger partial charge >= 0.3 is 6.18 Å². The molecule has 0 spiro atoms. The van der Waals surface area contributed by atoms with Crippen molar-refractivity contribution in [2.75, 3.05) is 32.8 Å². The van der Waals surface area contributed by atoms with Crippen molar-refractivity contribution < 1.29 is 27.8 Å². The van der Waals surface area contributed by atoms with Crippen LogP contribution in [-0.2, 0) is 37.0 Å². The first-order chi connectivity index (χ1) is 19.3. The van der Waals surface area contributed by atoms with E-state index in [0.717, 1.165) is 65.2 Å². The monoisotopic (exact) mass is 558 g/mol. The fourth-order valence-electron chi connectivity index (χ4n) is 4.85. The summed E-state index contributed by atoms with van der Waals surface area (Å²) in [5, 5.41) is 13.1. The zero-order valence-corrected chi connectivity index (χ0v) is 22.7. The van der Waals surface area contributed by atoms with Gasteiger partial charge in [-0.15, -0.1) is 0 Å². The molecule has 0 atom stereocenters. The van der Waals surface area contributed by atoms with Crippen LogP contribution in [0.5, 0.6) is 5.75 Å². The van der Waals surface area contributed by atoms with Crippen LogP contribution in [0.3, 0.4) is 0 Å². The van der Waals surface area contributed by atoms with E-state index in [-0.39, 0.29) is 19.1 Å². The van der Waals surface area contributed by atoms with Crippen molar-refractivity contribution in [1.82, 2.24) is 19.6 Å². The van der Waals surface area contributed by atoms with Crippen LogP contribution in [0.2, 0.25) is 0 Å². The highest BCUT2D eigenvalue weighted by Gasteiger charge is 2.32. The lowest BCUT2D eigenvalue weighted by Gasteiger charge is -2.28. The predicted octanol–water partition coefficient (Wildman–Crippen LogP) is 4.92. The number of aliphatic hydroxyl groups excluding tert-OH is 1. The number of alkyl halides is 3. The summed E-state index contributed by atoms with van der Waals surface area (Å²) in [5.74, 6) is 0.589. The second kappa shape index (κ2) is 14.3. The van der Waals surface area contributed by atoms with Crippen LogP contribution in [-0.4, -0.2) is 63.4 Å². The van der Waals surface area contributed by atoms with Crippen LogP contribution < -0.4 is 4.74 Å². The van der Waals surface area contributed by atoms with E-state index in [1.165, 1.54) is 0 Å².